The maximum atomic E-state index is 12.9. The van der Waals surface area contributed by atoms with E-state index in [-0.39, 0.29) is 24.1 Å². The molecule has 1 aliphatic rings. The minimum atomic E-state index is -0.516. The molecule has 3 rings (SSSR count). The van der Waals surface area contributed by atoms with Crippen molar-refractivity contribution in [1.29, 1.82) is 0 Å². The van der Waals surface area contributed by atoms with Gasteiger partial charge in [0.05, 0.1) is 5.69 Å². The number of para-hydroxylation sites is 1. The molecule has 1 atom stereocenters. The summed E-state index contributed by atoms with van der Waals surface area (Å²) in [7, 11) is 0. The molecule has 0 radical (unpaired) electrons. The molecule has 0 bridgehead atoms. The second kappa shape index (κ2) is 8.14. The molecule has 1 saturated heterocycles. The van der Waals surface area contributed by atoms with Crippen LogP contribution >= 0.6 is 11.8 Å². The van der Waals surface area contributed by atoms with E-state index < -0.39 is 5.25 Å². The van der Waals surface area contributed by atoms with E-state index in [1.807, 2.05) is 37.3 Å². The third-order valence-electron chi connectivity index (χ3n) is 3.82. The third-order valence-corrected chi connectivity index (χ3v) is 4.99. The molecule has 2 aromatic carbocycles. The van der Waals surface area contributed by atoms with Gasteiger partial charge in [0.15, 0.2) is 5.17 Å². The number of halogens is 1. The molecule has 0 spiro atoms. The maximum Gasteiger partial charge on any atom is 0.242 e. The highest BCUT2D eigenvalue weighted by atomic mass is 32.2. The van der Waals surface area contributed by atoms with Gasteiger partial charge in [-0.25, -0.2) is 9.38 Å². The van der Waals surface area contributed by atoms with E-state index in [9.17, 15) is 14.0 Å². The largest absolute Gasteiger partial charge is 0.326 e. The molecule has 1 N–H and O–H groups in total. The first-order valence-electron chi connectivity index (χ1n) is 8.24. The molecule has 0 aliphatic carbocycles. The van der Waals surface area contributed by atoms with Gasteiger partial charge >= 0.3 is 0 Å². The second-order valence-electron chi connectivity index (χ2n) is 5.68. The summed E-state index contributed by atoms with van der Waals surface area (Å²) < 4.78 is 12.9. The van der Waals surface area contributed by atoms with E-state index in [0.29, 0.717) is 17.4 Å². The first-order valence-corrected chi connectivity index (χ1v) is 9.12. The van der Waals surface area contributed by atoms with Crippen molar-refractivity contribution in [2.75, 3.05) is 11.9 Å². The number of hydrogen-bond donors (Lipinski definition) is 1. The smallest absolute Gasteiger partial charge is 0.242 e. The van der Waals surface area contributed by atoms with E-state index in [2.05, 4.69) is 10.3 Å². The third kappa shape index (κ3) is 4.29. The monoisotopic (exact) mass is 371 g/mol. The van der Waals surface area contributed by atoms with Crippen LogP contribution in [0.3, 0.4) is 0 Å². The number of aliphatic imine (C=N–C) groups is 1. The van der Waals surface area contributed by atoms with Gasteiger partial charge in [0.1, 0.15) is 11.1 Å². The number of benzene rings is 2. The quantitative estimate of drug-likeness (QED) is 0.869. The highest BCUT2D eigenvalue weighted by Crippen LogP contribution is 2.31. The molecule has 1 fully saturated rings. The molecule has 7 heteroatoms. The van der Waals surface area contributed by atoms with E-state index in [0.717, 1.165) is 5.69 Å². The Morgan fingerprint density at radius 2 is 1.88 bits per heavy atom. The van der Waals surface area contributed by atoms with Crippen LogP contribution in [0.15, 0.2) is 59.6 Å². The van der Waals surface area contributed by atoms with E-state index >= 15 is 0 Å². The van der Waals surface area contributed by atoms with Crippen molar-refractivity contribution in [3.05, 3.63) is 60.4 Å². The first-order chi connectivity index (χ1) is 12.6. The molecule has 2 aromatic rings. The Labute approximate surface area is 155 Å². The van der Waals surface area contributed by atoms with Gasteiger partial charge in [0.2, 0.25) is 11.8 Å². The van der Waals surface area contributed by atoms with Crippen LogP contribution in [0.25, 0.3) is 0 Å². The van der Waals surface area contributed by atoms with Crippen molar-refractivity contribution in [2.45, 2.75) is 18.6 Å². The van der Waals surface area contributed by atoms with Gasteiger partial charge in [-0.05, 0) is 43.3 Å². The summed E-state index contributed by atoms with van der Waals surface area (Å²) in [5, 5.41) is 2.77. The molecule has 5 nitrogen and oxygen atoms in total. The van der Waals surface area contributed by atoms with Crippen LogP contribution in [-0.4, -0.2) is 33.7 Å². The number of thioether (sulfide) groups is 1. The summed E-state index contributed by atoms with van der Waals surface area (Å²) in [4.78, 5) is 30.9. The summed E-state index contributed by atoms with van der Waals surface area (Å²) >= 11 is 1.29. The number of anilines is 1. The van der Waals surface area contributed by atoms with Gasteiger partial charge in [-0.2, -0.15) is 0 Å². The summed E-state index contributed by atoms with van der Waals surface area (Å²) in [5.74, 6) is -0.786. The standard InChI is InChI=1S/C19H18FN3O2S/c1-2-23-18(25)16(26-19(23)22-14-6-4-3-5-7-14)12-17(24)21-15-10-8-13(20)9-11-15/h3-11,16H,2,12H2,1H3,(H,21,24). The number of hydrogen-bond acceptors (Lipinski definition) is 4. The van der Waals surface area contributed by atoms with E-state index in [1.165, 1.54) is 36.0 Å². The lowest BCUT2D eigenvalue weighted by Gasteiger charge is -2.13. The molecule has 26 heavy (non-hydrogen) atoms. The molecule has 2 amide bonds. The lowest BCUT2D eigenvalue weighted by atomic mass is 10.2. The second-order valence-corrected chi connectivity index (χ2v) is 6.85. The zero-order chi connectivity index (χ0) is 18.5. The molecule has 1 heterocycles. The topological polar surface area (TPSA) is 61.8 Å². The minimum absolute atomic E-state index is 0.0329. The average molecular weight is 371 g/mol. The van der Waals surface area contributed by atoms with Gasteiger partial charge in [-0.1, -0.05) is 30.0 Å². The number of amidine groups is 1. The first kappa shape index (κ1) is 18.1. The van der Waals surface area contributed by atoms with Crippen molar-refractivity contribution in [2.24, 2.45) is 4.99 Å². The fourth-order valence-electron chi connectivity index (χ4n) is 2.54. The average Bonchev–Trinajstić information content (AvgIpc) is 2.92. The van der Waals surface area contributed by atoms with Gasteiger partial charge in [0.25, 0.3) is 0 Å². The van der Waals surface area contributed by atoms with Crippen molar-refractivity contribution < 1.29 is 14.0 Å². The normalized spacial score (nSPS) is 18.4. The van der Waals surface area contributed by atoms with Crippen LogP contribution in [0.4, 0.5) is 15.8 Å². The van der Waals surface area contributed by atoms with Crippen LogP contribution in [-0.2, 0) is 9.59 Å². The van der Waals surface area contributed by atoms with Crippen LogP contribution in [0.2, 0.25) is 0 Å². The molecule has 0 saturated carbocycles. The Hall–Kier alpha value is -2.67. The van der Waals surface area contributed by atoms with Crippen LogP contribution in [0.1, 0.15) is 13.3 Å². The highest BCUT2D eigenvalue weighted by Gasteiger charge is 2.38. The Kier molecular flexibility index (Phi) is 5.68. The molecular formula is C19H18FN3O2S. The van der Waals surface area contributed by atoms with Gasteiger partial charge in [-0.15, -0.1) is 0 Å². The number of amides is 2. The lowest BCUT2D eigenvalue weighted by molar-refractivity contribution is -0.128. The Bertz CT molecular complexity index is 824. The Morgan fingerprint density at radius 3 is 2.54 bits per heavy atom. The molecule has 134 valence electrons. The van der Waals surface area contributed by atoms with Gasteiger partial charge < -0.3 is 5.32 Å². The fourth-order valence-corrected chi connectivity index (χ4v) is 3.76. The van der Waals surface area contributed by atoms with Crippen molar-refractivity contribution in [1.82, 2.24) is 4.90 Å². The van der Waals surface area contributed by atoms with Crippen molar-refractivity contribution in [3.8, 4) is 0 Å². The number of carbonyl (C=O) groups excluding carboxylic acids is 2. The Balaban J connectivity index is 1.68. The summed E-state index contributed by atoms with van der Waals surface area (Å²) in [5.41, 5.74) is 1.26. The Morgan fingerprint density at radius 1 is 1.19 bits per heavy atom. The molecule has 1 unspecified atom stereocenters. The fraction of sp³-hybridized carbons (Fsp3) is 0.211. The van der Waals surface area contributed by atoms with Crippen molar-refractivity contribution in [3.63, 3.8) is 0 Å². The predicted octanol–water partition coefficient (Wildman–Crippen LogP) is 3.81. The highest BCUT2D eigenvalue weighted by molar-refractivity contribution is 8.15. The molecule has 0 aromatic heterocycles. The SMILES string of the molecule is CCN1C(=O)C(CC(=O)Nc2ccc(F)cc2)SC1=Nc1ccccc1. The van der Waals surface area contributed by atoms with Crippen LogP contribution < -0.4 is 5.32 Å². The number of nitrogens with zero attached hydrogens (tertiary/aromatic N) is 2. The summed E-state index contributed by atoms with van der Waals surface area (Å²) in [6.07, 6.45) is 0.0329. The minimum Gasteiger partial charge on any atom is -0.326 e. The van der Waals surface area contributed by atoms with Gasteiger partial charge in [0, 0.05) is 18.7 Å². The van der Waals surface area contributed by atoms with E-state index in [4.69, 9.17) is 0 Å². The lowest BCUT2D eigenvalue weighted by Crippen LogP contribution is -2.33. The summed E-state index contributed by atoms with van der Waals surface area (Å²) in [6, 6.07) is 14.9. The predicted molar refractivity (Wildman–Crippen MR) is 102 cm³/mol. The number of rotatable bonds is 5. The maximum absolute atomic E-state index is 12.9. The zero-order valence-electron chi connectivity index (χ0n) is 14.2. The molecular weight excluding hydrogens is 353 g/mol. The van der Waals surface area contributed by atoms with Crippen molar-refractivity contribution >= 4 is 40.1 Å². The zero-order valence-corrected chi connectivity index (χ0v) is 15.0. The van der Waals surface area contributed by atoms with Crippen LogP contribution in [0.5, 0.6) is 0 Å². The number of carbonyl (C=O) groups is 2. The van der Waals surface area contributed by atoms with Gasteiger partial charge in [-0.3, -0.25) is 14.5 Å². The van der Waals surface area contributed by atoms with E-state index in [1.54, 1.807) is 4.90 Å². The molecule has 1 aliphatic heterocycles. The van der Waals surface area contributed by atoms with Crippen LogP contribution in [0, 0.1) is 5.82 Å². The summed E-state index contributed by atoms with van der Waals surface area (Å²) in [6.45, 7) is 2.37. The number of nitrogens with one attached hydrogen (secondary N) is 1.